The summed E-state index contributed by atoms with van der Waals surface area (Å²) in [5.41, 5.74) is 6.53. The van der Waals surface area contributed by atoms with Crippen LogP contribution in [0.15, 0.2) is 67.4 Å². The van der Waals surface area contributed by atoms with Gasteiger partial charge in [-0.3, -0.25) is 0 Å². The van der Waals surface area contributed by atoms with Gasteiger partial charge in [0.25, 0.3) is 0 Å². The maximum atomic E-state index is 5.79. The van der Waals surface area contributed by atoms with Gasteiger partial charge in [-0.2, -0.15) is 5.10 Å². The van der Waals surface area contributed by atoms with E-state index >= 15 is 0 Å². The first kappa shape index (κ1) is 13.4. The van der Waals surface area contributed by atoms with Crippen molar-refractivity contribution < 1.29 is 4.84 Å². The zero-order chi connectivity index (χ0) is 15.6. The van der Waals surface area contributed by atoms with Crippen LogP contribution in [-0.2, 0) is 7.05 Å². The van der Waals surface area contributed by atoms with Crippen molar-refractivity contribution in [1.29, 1.82) is 0 Å². The molecule has 23 heavy (non-hydrogen) atoms. The van der Waals surface area contributed by atoms with Crippen molar-refractivity contribution in [2.75, 3.05) is 5.48 Å². The Morgan fingerprint density at radius 3 is 2.74 bits per heavy atom. The van der Waals surface area contributed by atoms with Crippen molar-refractivity contribution in [2.45, 2.75) is 0 Å². The van der Waals surface area contributed by atoms with E-state index in [0.717, 1.165) is 22.5 Å². The van der Waals surface area contributed by atoms with Gasteiger partial charge < -0.3 is 9.40 Å². The lowest BCUT2D eigenvalue weighted by atomic mass is 10.2. The Morgan fingerprint density at radius 2 is 1.96 bits per heavy atom. The number of aryl methyl sites for hydroxylation is 1. The highest BCUT2D eigenvalue weighted by molar-refractivity contribution is 5.69. The standard InChI is InChI=1S/C17H15N5O/c1-21-11-15(18-12-21)13-9-17(16-7-8-19-22(16)10-13)23-20-14-5-3-2-4-6-14/h2-12,20H,1H3. The molecule has 114 valence electrons. The summed E-state index contributed by atoms with van der Waals surface area (Å²) in [5.74, 6) is 0.689. The Kier molecular flexibility index (Phi) is 3.20. The van der Waals surface area contributed by atoms with E-state index in [2.05, 4.69) is 15.6 Å². The number of pyridine rings is 1. The number of imidazole rings is 1. The Morgan fingerprint density at radius 1 is 1.09 bits per heavy atom. The lowest BCUT2D eigenvalue weighted by molar-refractivity contribution is 0.408. The third-order valence-corrected chi connectivity index (χ3v) is 3.52. The molecule has 0 aliphatic carbocycles. The number of hydrogen-bond donors (Lipinski definition) is 1. The SMILES string of the molecule is Cn1cnc(-c2cc(ONc3ccccc3)c3ccnn3c2)c1. The summed E-state index contributed by atoms with van der Waals surface area (Å²) in [6.45, 7) is 0. The number of hydrogen-bond acceptors (Lipinski definition) is 4. The molecule has 0 atom stereocenters. The zero-order valence-electron chi connectivity index (χ0n) is 12.5. The highest BCUT2D eigenvalue weighted by Gasteiger charge is 2.10. The molecule has 1 N–H and O–H groups in total. The summed E-state index contributed by atoms with van der Waals surface area (Å²) in [5, 5.41) is 4.30. The van der Waals surface area contributed by atoms with Gasteiger partial charge in [-0.1, -0.05) is 18.2 Å². The minimum atomic E-state index is 0.689. The van der Waals surface area contributed by atoms with E-state index in [4.69, 9.17) is 4.84 Å². The van der Waals surface area contributed by atoms with Crippen molar-refractivity contribution in [3.05, 3.63) is 67.4 Å². The van der Waals surface area contributed by atoms with E-state index in [1.165, 1.54) is 0 Å². The molecule has 0 bridgehead atoms. The summed E-state index contributed by atoms with van der Waals surface area (Å²) in [6, 6.07) is 13.6. The van der Waals surface area contributed by atoms with Crippen LogP contribution in [0.2, 0.25) is 0 Å². The van der Waals surface area contributed by atoms with E-state index in [9.17, 15) is 0 Å². The number of nitrogens with one attached hydrogen (secondary N) is 1. The number of aromatic nitrogens is 4. The van der Waals surface area contributed by atoms with Gasteiger partial charge in [0.15, 0.2) is 5.75 Å². The summed E-state index contributed by atoms with van der Waals surface area (Å²) in [4.78, 5) is 10.2. The first-order chi connectivity index (χ1) is 11.3. The lowest BCUT2D eigenvalue weighted by Crippen LogP contribution is -2.06. The fourth-order valence-electron chi connectivity index (χ4n) is 2.40. The van der Waals surface area contributed by atoms with Crippen LogP contribution in [0.25, 0.3) is 16.8 Å². The summed E-state index contributed by atoms with van der Waals surface area (Å²) in [7, 11) is 1.94. The fraction of sp³-hybridized carbons (Fsp3) is 0.0588. The van der Waals surface area contributed by atoms with Gasteiger partial charge in [0, 0.05) is 25.0 Å². The van der Waals surface area contributed by atoms with Gasteiger partial charge in [-0.15, -0.1) is 0 Å². The Bertz CT molecular complexity index is 942. The Labute approximate surface area is 132 Å². The zero-order valence-corrected chi connectivity index (χ0v) is 12.5. The monoisotopic (exact) mass is 305 g/mol. The number of rotatable bonds is 4. The van der Waals surface area contributed by atoms with Crippen LogP contribution in [0.1, 0.15) is 0 Å². The van der Waals surface area contributed by atoms with Gasteiger partial charge in [0.1, 0.15) is 5.52 Å². The van der Waals surface area contributed by atoms with Gasteiger partial charge in [0.05, 0.1) is 23.9 Å². The molecule has 0 saturated carbocycles. The molecule has 1 aromatic carbocycles. The van der Waals surface area contributed by atoms with Gasteiger partial charge in [-0.05, 0) is 24.3 Å². The van der Waals surface area contributed by atoms with Crippen molar-refractivity contribution in [1.82, 2.24) is 19.2 Å². The molecule has 6 heteroatoms. The van der Waals surface area contributed by atoms with Crippen LogP contribution < -0.4 is 10.3 Å². The van der Waals surface area contributed by atoms with Crippen LogP contribution >= 0.6 is 0 Å². The predicted octanol–water partition coefficient (Wildman–Crippen LogP) is 3.14. The summed E-state index contributed by atoms with van der Waals surface area (Å²) >= 11 is 0. The summed E-state index contributed by atoms with van der Waals surface area (Å²) in [6.07, 6.45) is 7.41. The van der Waals surface area contributed by atoms with E-state index in [0.29, 0.717) is 5.75 Å². The molecule has 6 nitrogen and oxygen atoms in total. The number of para-hydroxylation sites is 1. The normalized spacial score (nSPS) is 10.8. The molecule has 0 fully saturated rings. The molecule has 3 heterocycles. The van der Waals surface area contributed by atoms with E-state index in [1.54, 1.807) is 17.0 Å². The molecule has 0 unspecified atom stereocenters. The molecule has 0 spiro atoms. The van der Waals surface area contributed by atoms with Crippen LogP contribution in [0.3, 0.4) is 0 Å². The molecule has 0 radical (unpaired) electrons. The topological polar surface area (TPSA) is 56.4 Å². The van der Waals surface area contributed by atoms with Crippen molar-refractivity contribution in [2.24, 2.45) is 7.05 Å². The Hall–Kier alpha value is -3.28. The van der Waals surface area contributed by atoms with Crippen LogP contribution in [-0.4, -0.2) is 19.2 Å². The number of anilines is 1. The second-order valence-corrected chi connectivity index (χ2v) is 5.25. The third-order valence-electron chi connectivity index (χ3n) is 3.52. The maximum absolute atomic E-state index is 5.79. The average molecular weight is 305 g/mol. The van der Waals surface area contributed by atoms with Crippen molar-refractivity contribution in [3.8, 4) is 17.0 Å². The smallest absolute Gasteiger partial charge is 0.181 e. The highest BCUT2D eigenvalue weighted by Crippen LogP contribution is 2.27. The second-order valence-electron chi connectivity index (χ2n) is 5.25. The molecule has 0 aliphatic heterocycles. The Balaban J connectivity index is 1.71. The van der Waals surface area contributed by atoms with Crippen LogP contribution in [0.5, 0.6) is 5.75 Å². The first-order valence-electron chi connectivity index (χ1n) is 7.23. The molecular weight excluding hydrogens is 290 g/mol. The second kappa shape index (κ2) is 5.49. The van der Waals surface area contributed by atoms with E-state index < -0.39 is 0 Å². The van der Waals surface area contributed by atoms with Crippen LogP contribution in [0.4, 0.5) is 5.69 Å². The third kappa shape index (κ3) is 2.62. The molecule has 0 saturated heterocycles. The van der Waals surface area contributed by atoms with Gasteiger partial charge >= 0.3 is 0 Å². The first-order valence-corrected chi connectivity index (χ1v) is 7.23. The minimum absolute atomic E-state index is 0.689. The minimum Gasteiger partial charge on any atom is -0.380 e. The maximum Gasteiger partial charge on any atom is 0.181 e. The van der Waals surface area contributed by atoms with Crippen LogP contribution in [0, 0.1) is 0 Å². The number of nitrogens with zero attached hydrogens (tertiary/aromatic N) is 4. The van der Waals surface area contributed by atoms with Gasteiger partial charge in [-0.25, -0.2) is 15.0 Å². The van der Waals surface area contributed by atoms with Crippen molar-refractivity contribution >= 4 is 11.2 Å². The molecule has 3 aromatic heterocycles. The quantitative estimate of drug-likeness (QED) is 0.589. The molecule has 0 aliphatic rings. The largest absolute Gasteiger partial charge is 0.380 e. The molecule has 4 rings (SSSR count). The predicted molar refractivity (Wildman–Crippen MR) is 88.1 cm³/mol. The van der Waals surface area contributed by atoms with Gasteiger partial charge in [0.2, 0.25) is 0 Å². The van der Waals surface area contributed by atoms with E-state index in [-0.39, 0.29) is 0 Å². The summed E-state index contributed by atoms with van der Waals surface area (Å²) < 4.78 is 3.69. The van der Waals surface area contributed by atoms with Crippen molar-refractivity contribution in [3.63, 3.8) is 0 Å². The van der Waals surface area contributed by atoms with E-state index in [1.807, 2.05) is 66.5 Å². The number of benzene rings is 1. The lowest BCUT2D eigenvalue weighted by Gasteiger charge is -2.10. The average Bonchev–Trinajstić information content (AvgIpc) is 3.22. The molecule has 4 aromatic rings. The molecule has 0 amide bonds. The number of fused-ring (bicyclic) bond motifs is 1. The fourth-order valence-corrected chi connectivity index (χ4v) is 2.40. The molecular formula is C17H15N5O. The highest BCUT2D eigenvalue weighted by atomic mass is 16.6.